The number of nitrogens with zero attached hydrogens (tertiary/aromatic N) is 7. The summed E-state index contributed by atoms with van der Waals surface area (Å²) >= 11 is 11.2. The molecule has 1 N–H and O–H groups in total. The van der Waals surface area contributed by atoms with E-state index in [0.717, 1.165) is 6.20 Å². The van der Waals surface area contributed by atoms with Crippen molar-refractivity contribution in [2.75, 3.05) is 28.2 Å². The Labute approximate surface area is 282 Å². The summed E-state index contributed by atoms with van der Waals surface area (Å²) in [4.78, 5) is 41.6. The van der Waals surface area contributed by atoms with Crippen molar-refractivity contribution in [3.05, 3.63) is 104 Å². The molecule has 14 nitrogen and oxygen atoms in total. The zero-order chi connectivity index (χ0) is 35.5. The number of aliphatic imine (C=N–C) groups is 2. The van der Waals surface area contributed by atoms with Gasteiger partial charge in [0.25, 0.3) is 19.1 Å². The Morgan fingerprint density at radius 1 is 0.809 bits per heavy atom. The van der Waals surface area contributed by atoms with E-state index in [0.29, 0.717) is 16.2 Å². The van der Waals surface area contributed by atoms with Gasteiger partial charge in [-0.3, -0.25) is 4.98 Å². The Morgan fingerprint density at radius 2 is 1.30 bits per heavy atom. The van der Waals surface area contributed by atoms with Crippen LogP contribution in [-0.2, 0) is 19.1 Å². The number of benzene rings is 2. The van der Waals surface area contributed by atoms with Crippen LogP contribution in [0.1, 0.15) is 0 Å². The quantitative estimate of drug-likeness (QED) is 0.165. The largest absolute Gasteiger partial charge is 0.369 e. The zero-order valence-electron chi connectivity index (χ0n) is 24.7. The molecule has 47 heavy (non-hydrogen) atoms. The van der Waals surface area contributed by atoms with E-state index in [1.54, 1.807) is 33.1 Å². The minimum atomic E-state index is -4.28. The van der Waals surface area contributed by atoms with Crippen LogP contribution in [0.15, 0.2) is 90.3 Å². The van der Waals surface area contributed by atoms with E-state index in [-0.39, 0.29) is 19.6 Å². The van der Waals surface area contributed by atoms with Crippen LogP contribution in [0.3, 0.4) is 0 Å². The van der Waals surface area contributed by atoms with E-state index in [4.69, 9.17) is 33.9 Å². The van der Waals surface area contributed by atoms with Crippen molar-refractivity contribution in [2.45, 2.75) is 9.79 Å². The second-order valence-corrected chi connectivity index (χ2v) is 14.4. The molecule has 0 unspecified atom stereocenters. The molecule has 0 aliphatic rings. The highest BCUT2D eigenvalue weighted by atomic mass is 35.7. The monoisotopic (exact) mass is 752 g/mol. The van der Waals surface area contributed by atoms with E-state index in [2.05, 4.69) is 24.9 Å². The minimum Gasteiger partial charge on any atom is -0.369 e. The lowest BCUT2D eigenvalue weighted by atomic mass is 10.4. The molecule has 0 saturated heterocycles. The molecule has 252 valence electrons. The third-order valence-electron chi connectivity index (χ3n) is 4.88. The second kappa shape index (κ2) is 17.1. The number of aromatic nitrogens is 4. The molecule has 21 heteroatoms. The van der Waals surface area contributed by atoms with Crippen LogP contribution in [0.5, 0.6) is 0 Å². The highest BCUT2D eigenvalue weighted by Gasteiger charge is 2.21. The summed E-state index contributed by atoms with van der Waals surface area (Å²) < 4.78 is 73.1. The van der Waals surface area contributed by atoms with Crippen LogP contribution < -0.4 is 11.4 Å². The van der Waals surface area contributed by atoms with Gasteiger partial charge in [-0.05, 0) is 48.5 Å². The van der Waals surface area contributed by atoms with Crippen LogP contribution in [0.4, 0.5) is 20.4 Å². The zero-order valence-corrected chi connectivity index (χ0v) is 28.6. The highest BCUT2D eigenvalue weighted by Crippen LogP contribution is 2.19. The molecule has 0 atom stereocenters. The Balaban J connectivity index is 0.000000270. The van der Waals surface area contributed by atoms with Crippen LogP contribution >= 0.6 is 33.9 Å². The second-order valence-electron chi connectivity index (χ2n) is 9.14. The first kappa shape index (κ1) is 39.0. The van der Waals surface area contributed by atoms with Crippen LogP contribution in [0.2, 0.25) is 10.0 Å². The first-order valence-electron chi connectivity index (χ1n) is 12.5. The van der Waals surface area contributed by atoms with Crippen molar-refractivity contribution in [3.63, 3.8) is 0 Å². The fourth-order valence-electron chi connectivity index (χ4n) is 2.80. The maximum Gasteiger partial charge on any atom is 0.363 e. The first-order valence-corrected chi connectivity index (χ1v) is 17.0. The summed E-state index contributed by atoms with van der Waals surface area (Å²) in [5, 5.41) is 0.808. The van der Waals surface area contributed by atoms with Gasteiger partial charge in [-0.25, -0.2) is 45.2 Å². The van der Waals surface area contributed by atoms with E-state index in [1.165, 1.54) is 66.1 Å². The molecule has 4 rings (SSSR count). The molecule has 0 spiro atoms. The molecule has 0 radical (unpaired) electrons. The van der Waals surface area contributed by atoms with E-state index in [1.807, 2.05) is 0 Å². The van der Waals surface area contributed by atoms with Crippen molar-refractivity contribution in [3.8, 4) is 0 Å². The normalized spacial score (nSPS) is 11.4. The van der Waals surface area contributed by atoms with Crippen molar-refractivity contribution >= 4 is 77.3 Å². The molecule has 0 aliphatic heterocycles. The first-order chi connectivity index (χ1) is 21.8. The number of H-pyrrole nitrogens is 1. The van der Waals surface area contributed by atoms with Gasteiger partial charge in [-0.1, -0.05) is 23.2 Å². The lowest BCUT2D eigenvalue weighted by Crippen LogP contribution is -2.29. The summed E-state index contributed by atoms with van der Waals surface area (Å²) in [5.74, 6) is -2.31. The van der Waals surface area contributed by atoms with Gasteiger partial charge in [0.15, 0.2) is 23.3 Å². The van der Waals surface area contributed by atoms with Gasteiger partial charge in [0, 0.05) is 48.9 Å². The Hall–Kier alpha value is -4.23. The summed E-state index contributed by atoms with van der Waals surface area (Å²) in [6.45, 7) is 0. The molecule has 2 aromatic carbocycles. The number of nitrogens with one attached hydrogen (secondary N) is 1. The average molecular weight is 754 g/mol. The number of hydrogen-bond donors (Lipinski definition) is 1. The van der Waals surface area contributed by atoms with Crippen molar-refractivity contribution in [2.24, 2.45) is 9.98 Å². The van der Waals surface area contributed by atoms with Gasteiger partial charge in [0.2, 0.25) is 0 Å². The predicted octanol–water partition coefficient (Wildman–Crippen LogP) is 3.89. The molecule has 0 aliphatic carbocycles. The summed E-state index contributed by atoms with van der Waals surface area (Å²) in [5.41, 5.74) is -1.78. The van der Waals surface area contributed by atoms with Gasteiger partial charge in [-0.15, -0.1) is 0 Å². The number of halogens is 5. The van der Waals surface area contributed by atoms with Crippen molar-refractivity contribution < 1.29 is 25.6 Å². The highest BCUT2D eigenvalue weighted by molar-refractivity contribution is 8.13. The summed E-state index contributed by atoms with van der Waals surface area (Å²) in [6.07, 6.45) is 4.00. The molecule has 0 amide bonds. The topological polar surface area (TPSA) is 180 Å². The maximum absolute atomic E-state index is 14.0. The van der Waals surface area contributed by atoms with Gasteiger partial charge in [0.05, 0.1) is 34.9 Å². The van der Waals surface area contributed by atoms with Gasteiger partial charge >= 0.3 is 11.4 Å². The summed E-state index contributed by atoms with van der Waals surface area (Å²) in [6, 6.07) is 10.8. The third-order valence-corrected chi connectivity index (χ3v) is 8.40. The van der Waals surface area contributed by atoms with Gasteiger partial charge < -0.3 is 9.80 Å². The van der Waals surface area contributed by atoms with Crippen molar-refractivity contribution in [1.29, 1.82) is 0 Å². The molecule has 0 fully saturated rings. The Morgan fingerprint density at radius 3 is 1.79 bits per heavy atom. The Kier molecular flexibility index (Phi) is 14.1. The predicted molar refractivity (Wildman–Crippen MR) is 175 cm³/mol. The smallest absolute Gasteiger partial charge is 0.363 e. The molecule has 0 saturated carbocycles. The summed E-state index contributed by atoms with van der Waals surface area (Å²) in [7, 11) is 3.92. The molecule has 2 heterocycles. The van der Waals surface area contributed by atoms with Crippen LogP contribution in [0, 0.1) is 11.6 Å². The lowest BCUT2D eigenvalue weighted by molar-refractivity contribution is 0.571. The fourth-order valence-corrected chi connectivity index (χ4v) is 5.00. The number of hydrogen-bond acceptors (Lipinski definition) is 10. The lowest BCUT2D eigenvalue weighted by Gasteiger charge is -2.08. The third kappa shape index (κ3) is 12.5. The SMILES string of the molecule is CN(C)C=Nc1[nH]c(=O)ncc1F.CN(C)C=Nc1nc(=O)n(S(=O)(=O)c2ccc(Cl)cc2)cc1F.O=S(=O)(Cl)c1ccc(Cl)cc1. The average Bonchev–Trinajstić information content (AvgIpc) is 2.98. The standard InChI is InChI=1S/C13H12ClFN4O3S.C7H9FN4O.C6H4Cl2O2S/c1-18(2)8-16-12-11(15)7-19(13(20)17-12)23(21,22)10-5-3-9(14)4-6-10;1-12(2)4-10-6-5(8)3-9-7(13)11-6;7-5-1-3-6(4-2-5)11(8,9)10/h3-8H,1-2H3;3-4H,1-2H3,(H,9,11,13);1-4H. The van der Waals surface area contributed by atoms with E-state index >= 15 is 0 Å². The number of aromatic amines is 1. The maximum atomic E-state index is 14.0. The molecular weight excluding hydrogens is 729 g/mol. The molecule has 0 bridgehead atoms. The van der Waals surface area contributed by atoms with E-state index in [9.17, 15) is 35.2 Å². The van der Waals surface area contributed by atoms with Crippen molar-refractivity contribution in [1.82, 2.24) is 28.7 Å². The van der Waals surface area contributed by atoms with E-state index < -0.39 is 47.9 Å². The Bertz CT molecular complexity index is 2080. The van der Waals surface area contributed by atoms with Crippen LogP contribution in [0.25, 0.3) is 0 Å². The molecule has 2 aromatic heterocycles. The van der Waals surface area contributed by atoms with Crippen LogP contribution in [-0.4, -0.2) is 86.4 Å². The number of rotatable bonds is 7. The van der Waals surface area contributed by atoms with Gasteiger partial charge in [-0.2, -0.15) is 13.9 Å². The molecular formula is C26H25Cl3F2N8O6S2. The minimum absolute atomic E-state index is 0.0589. The van der Waals surface area contributed by atoms with Gasteiger partial charge in [0.1, 0.15) is 0 Å². The fraction of sp³-hybridized carbons (Fsp3) is 0.154. The molecule has 4 aromatic rings.